The van der Waals surface area contributed by atoms with E-state index in [9.17, 15) is 4.79 Å². The first-order chi connectivity index (χ1) is 10.1. The molecule has 0 spiro atoms. The average Bonchev–Trinajstić information content (AvgIpc) is 3.03. The third kappa shape index (κ3) is 2.87. The molecule has 4 nitrogen and oxygen atoms in total. The number of amides is 1. The molecule has 3 rings (SSSR count). The topological polar surface area (TPSA) is 68.0 Å². The summed E-state index contributed by atoms with van der Waals surface area (Å²) in [5.74, 6) is -0.0556. The lowest BCUT2D eigenvalue weighted by Gasteiger charge is -2.12. The van der Waals surface area contributed by atoms with Crippen LogP contribution in [0.3, 0.4) is 0 Å². The molecule has 1 saturated carbocycles. The Bertz CT molecular complexity index is 683. The normalized spacial score (nSPS) is 21.8. The van der Waals surface area contributed by atoms with Crippen LogP contribution >= 0.6 is 23.1 Å². The van der Waals surface area contributed by atoms with Crippen LogP contribution in [0.5, 0.6) is 0 Å². The summed E-state index contributed by atoms with van der Waals surface area (Å²) < 4.78 is 0. The molecule has 2 heterocycles. The van der Waals surface area contributed by atoms with Gasteiger partial charge in [-0.05, 0) is 44.6 Å². The number of carbonyl (C=O) groups is 1. The van der Waals surface area contributed by atoms with E-state index in [4.69, 9.17) is 5.73 Å². The van der Waals surface area contributed by atoms with Gasteiger partial charge in [0.15, 0.2) is 0 Å². The maximum absolute atomic E-state index is 12.5. The molecule has 112 valence electrons. The highest BCUT2D eigenvalue weighted by atomic mass is 32.2. The number of aromatic nitrogens is 1. The molecule has 2 aromatic rings. The molecule has 0 radical (unpaired) electrons. The molecule has 21 heavy (non-hydrogen) atoms. The Kier molecular flexibility index (Phi) is 4.08. The molecule has 1 fully saturated rings. The van der Waals surface area contributed by atoms with Crippen LogP contribution in [0, 0.1) is 6.92 Å². The summed E-state index contributed by atoms with van der Waals surface area (Å²) in [6.07, 6.45) is 5.41. The SMILES string of the molecule is CSC1CCC(NC(=O)c2sc3nc(C)ccc3c2N)C1. The van der Waals surface area contributed by atoms with Gasteiger partial charge in [-0.25, -0.2) is 4.98 Å². The van der Waals surface area contributed by atoms with E-state index in [1.165, 1.54) is 17.8 Å². The van der Waals surface area contributed by atoms with Crippen LogP contribution in [-0.4, -0.2) is 28.4 Å². The van der Waals surface area contributed by atoms with E-state index in [0.29, 0.717) is 15.8 Å². The highest BCUT2D eigenvalue weighted by Crippen LogP contribution is 2.33. The second-order valence-corrected chi connectivity index (χ2v) is 7.63. The molecule has 0 aliphatic heterocycles. The average molecular weight is 321 g/mol. The molecule has 2 atom stereocenters. The molecule has 1 aliphatic carbocycles. The van der Waals surface area contributed by atoms with E-state index >= 15 is 0 Å². The minimum atomic E-state index is -0.0556. The Morgan fingerprint density at radius 1 is 1.48 bits per heavy atom. The minimum absolute atomic E-state index is 0.0556. The van der Waals surface area contributed by atoms with Gasteiger partial charge in [-0.2, -0.15) is 11.8 Å². The molecular weight excluding hydrogens is 302 g/mol. The fraction of sp³-hybridized carbons (Fsp3) is 0.467. The van der Waals surface area contributed by atoms with Crippen LogP contribution in [0.4, 0.5) is 5.69 Å². The smallest absolute Gasteiger partial charge is 0.263 e. The van der Waals surface area contributed by atoms with Gasteiger partial charge in [-0.3, -0.25) is 4.79 Å². The number of thioether (sulfide) groups is 1. The molecule has 1 amide bonds. The van der Waals surface area contributed by atoms with Crippen molar-refractivity contribution in [2.75, 3.05) is 12.0 Å². The number of nitrogens with zero attached hydrogens (tertiary/aromatic N) is 1. The number of nitrogen functional groups attached to an aromatic ring is 1. The van der Waals surface area contributed by atoms with Crippen LogP contribution < -0.4 is 11.1 Å². The number of aryl methyl sites for hydroxylation is 1. The largest absolute Gasteiger partial charge is 0.397 e. The summed E-state index contributed by atoms with van der Waals surface area (Å²) in [6.45, 7) is 1.94. The summed E-state index contributed by atoms with van der Waals surface area (Å²) in [4.78, 5) is 18.3. The van der Waals surface area contributed by atoms with Gasteiger partial charge in [-0.15, -0.1) is 11.3 Å². The van der Waals surface area contributed by atoms with Crippen LogP contribution in [-0.2, 0) is 0 Å². The van der Waals surface area contributed by atoms with Crippen molar-refractivity contribution in [3.05, 3.63) is 22.7 Å². The van der Waals surface area contributed by atoms with E-state index in [2.05, 4.69) is 16.6 Å². The van der Waals surface area contributed by atoms with Crippen LogP contribution in [0.1, 0.15) is 34.6 Å². The van der Waals surface area contributed by atoms with E-state index in [1.54, 1.807) is 0 Å². The number of anilines is 1. The van der Waals surface area contributed by atoms with Gasteiger partial charge in [0.05, 0.1) is 5.69 Å². The first-order valence-electron chi connectivity index (χ1n) is 7.07. The first kappa shape index (κ1) is 14.7. The number of rotatable bonds is 3. The third-order valence-corrected chi connectivity index (χ3v) is 6.20. The predicted molar refractivity (Wildman–Crippen MR) is 91.2 cm³/mol. The Balaban J connectivity index is 1.80. The number of nitrogens with one attached hydrogen (secondary N) is 1. The Hall–Kier alpha value is -1.27. The van der Waals surface area contributed by atoms with E-state index in [-0.39, 0.29) is 11.9 Å². The Labute approximate surface area is 132 Å². The van der Waals surface area contributed by atoms with Crippen LogP contribution in [0.25, 0.3) is 10.2 Å². The van der Waals surface area contributed by atoms with Gasteiger partial charge in [0.1, 0.15) is 9.71 Å². The molecule has 0 bridgehead atoms. The summed E-state index contributed by atoms with van der Waals surface area (Å²) in [5.41, 5.74) is 7.62. The van der Waals surface area contributed by atoms with Crippen molar-refractivity contribution in [3.63, 3.8) is 0 Å². The lowest BCUT2D eigenvalue weighted by molar-refractivity contribution is 0.0943. The monoisotopic (exact) mass is 321 g/mol. The summed E-state index contributed by atoms with van der Waals surface area (Å²) in [7, 11) is 0. The van der Waals surface area contributed by atoms with Gasteiger partial charge in [0.25, 0.3) is 5.91 Å². The zero-order chi connectivity index (χ0) is 15.0. The van der Waals surface area contributed by atoms with E-state index < -0.39 is 0 Å². The number of pyridine rings is 1. The summed E-state index contributed by atoms with van der Waals surface area (Å²) >= 11 is 3.27. The number of carbonyl (C=O) groups excluding carboxylic acids is 1. The number of nitrogens with two attached hydrogens (primary N) is 1. The standard InChI is InChI=1S/C15H19N3OS2/c1-8-3-6-11-12(16)13(21-15(11)17-8)14(19)18-9-4-5-10(7-9)20-2/h3,6,9-10H,4-5,7,16H2,1-2H3,(H,18,19). The lowest BCUT2D eigenvalue weighted by Crippen LogP contribution is -2.32. The fourth-order valence-electron chi connectivity index (χ4n) is 2.79. The highest BCUT2D eigenvalue weighted by Gasteiger charge is 2.27. The molecule has 0 aromatic carbocycles. The van der Waals surface area contributed by atoms with Crippen molar-refractivity contribution < 1.29 is 4.79 Å². The maximum Gasteiger partial charge on any atom is 0.263 e. The van der Waals surface area contributed by atoms with Crippen molar-refractivity contribution in [1.82, 2.24) is 10.3 Å². The summed E-state index contributed by atoms with van der Waals surface area (Å²) in [6, 6.07) is 4.14. The van der Waals surface area contributed by atoms with Crippen molar-refractivity contribution in [1.29, 1.82) is 0 Å². The molecule has 6 heteroatoms. The van der Waals surface area contributed by atoms with Gasteiger partial charge in [0, 0.05) is 22.4 Å². The van der Waals surface area contributed by atoms with Gasteiger partial charge in [0.2, 0.25) is 0 Å². The first-order valence-corrected chi connectivity index (χ1v) is 9.18. The zero-order valence-corrected chi connectivity index (χ0v) is 13.8. The maximum atomic E-state index is 12.5. The van der Waals surface area contributed by atoms with Crippen molar-refractivity contribution in [2.24, 2.45) is 0 Å². The molecule has 3 N–H and O–H groups in total. The number of thiophene rings is 1. The summed E-state index contributed by atoms with van der Waals surface area (Å²) in [5, 5.41) is 4.67. The second-order valence-electron chi connectivity index (χ2n) is 5.49. The molecule has 2 aromatic heterocycles. The number of hydrogen-bond donors (Lipinski definition) is 2. The predicted octanol–water partition coefficient (Wildman–Crippen LogP) is 3.20. The number of hydrogen-bond acceptors (Lipinski definition) is 5. The van der Waals surface area contributed by atoms with Crippen LogP contribution in [0.2, 0.25) is 0 Å². The fourth-order valence-corrected chi connectivity index (χ4v) is 4.63. The van der Waals surface area contributed by atoms with Crippen molar-refractivity contribution in [3.8, 4) is 0 Å². The quantitative estimate of drug-likeness (QED) is 0.911. The molecule has 0 saturated heterocycles. The molecular formula is C15H19N3OS2. The van der Waals surface area contributed by atoms with Gasteiger partial charge >= 0.3 is 0 Å². The van der Waals surface area contributed by atoms with E-state index in [1.807, 2.05) is 30.8 Å². The highest BCUT2D eigenvalue weighted by molar-refractivity contribution is 7.99. The van der Waals surface area contributed by atoms with E-state index in [0.717, 1.165) is 28.8 Å². The van der Waals surface area contributed by atoms with Crippen molar-refractivity contribution >= 4 is 44.9 Å². The molecule has 2 unspecified atom stereocenters. The zero-order valence-electron chi connectivity index (χ0n) is 12.2. The third-order valence-electron chi connectivity index (χ3n) is 3.99. The minimum Gasteiger partial charge on any atom is -0.397 e. The molecule has 1 aliphatic rings. The Morgan fingerprint density at radius 2 is 2.29 bits per heavy atom. The van der Waals surface area contributed by atoms with Gasteiger partial charge in [-0.1, -0.05) is 0 Å². The number of fused-ring (bicyclic) bond motifs is 1. The Morgan fingerprint density at radius 3 is 3.00 bits per heavy atom. The second kappa shape index (κ2) is 5.85. The van der Waals surface area contributed by atoms with Gasteiger partial charge < -0.3 is 11.1 Å². The lowest BCUT2D eigenvalue weighted by atomic mass is 10.2. The van der Waals surface area contributed by atoms with Crippen LogP contribution in [0.15, 0.2) is 12.1 Å². The van der Waals surface area contributed by atoms with Crippen molar-refractivity contribution in [2.45, 2.75) is 37.5 Å².